The van der Waals surface area contributed by atoms with E-state index in [1.165, 1.54) is 11.8 Å². The van der Waals surface area contributed by atoms with Crippen molar-refractivity contribution in [1.82, 2.24) is 14.9 Å². The van der Waals surface area contributed by atoms with Gasteiger partial charge in [-0.3, -0.25) is 4.79 Å². The van der Waals surface area contributed by atoms with Crippen molar-refractivity contribution < 1.29 is 13.2 Å². The molecule has 0 aliphatic carbocycles. The Kier molecular flexibility index (Phi) is 5.57. The summed E-state index contributed by atoms with van der Waals surface area (Å²) >= 11 is 0. The Morgan fingerprint density at radius 1 is 1.45 bits per heavy atom. The van der Waals surface area contributed by atoms with E-state index in [4.69, 9.17) is 0 Å². The summed E-state index contributed by atoms with van der Waals surface area (Å²) in [5, 5.41) is 2.29. The van der Waals surface area contributed by atoms with Gasteiger partial charge in [0.2, 0.25) is 15.9 Å². The van der Waals surface area contributed by atoms with Crippen LogP contribution in [0.4, 0.5) is 0 Å². The summed E-state index contributed by atoms with van der Waals surface area (Å²) in [5.41, 5.74) is 0.0512. The van der Waals surface area contributed by atoms with E-state index in [2.05, 4.69) is 23.9 Å². The molecule has 2 N–H and O–H groups in total. The van der Waals surface area contributed by atoms with Gasteiger partial charge in [0.25, 0.3) is 0 Å². The van der Waals surface area contributed by atoms with Crippen LogP contribution in [-0.4, -0.2) is 57.7 Å². The maximum Gasteiger partial charge on any atom is 0.241 e. The van der Waals surface area contributed by atoms with Gasteiger partial charge in [0.1, 0.15) is 0 Å². The van der Waals surface area contributed by atoms with Crippen LogP contribution in [-0.2, 0) is 14.8 Å². The van der Waals surface area contributed by atoms with Crippen molar-refractivity contribution >= 4 is 15.9 Å². The maximum atomic E-state index is 12.1. The van der Waals surface area contributed by atoms with Crippen molar-refractivity contribution in [2.75, 3.05) is 27.2 Å². The molecule has 1 heterocycles. The van der Waals surface area contributed by atoms with Crippen LogP contribution in [0.2, 0.25) is 0 Å². The highest BCUT2D eigenvalue weighted by Gasteiger charge is 2.35. The summed E-state index contributed by atoms with van der Waals surface area (Å²) in [7, 11) is -0.524. The van der Waals surface area contributed by atoms with Gasteiger partial charge in [0, 0.05) is 26.7 Å². The first-order chi connectivity index (χ1) is 9.08. The van der Waals surface area contributed by atoms with Crippen molar-refractivity contribution in [3.8, 4) is 0 Å². The van der Waals surface area contributed by atoms with Gasteiger partial charge in [-0.1, -0.05) is 13.8 Å². The van der Waals surface area contributed by atoms with Gasteiger partial charge in [-0.25, -0.2) is 13.1 Å². The molecule has 0 saturated carbocycles. The average molecular weight is 305 g/mol. The monoisotopic (exact) mass is 305 g/mol. The Hall–Kier alpha value is -0.660. The number of carbonyl (C=O) groups is 1. The Labute approximate surface area is 122 Å². The number of hydrogen-bond acceptors (Lipinski definition) is 4. The average Bonchev–Trinajstić information content (AvgIpc) is 2.35. The van der Waals surface area contributed by atoms with E-state index in [-0.39, 0.29) is 11.5 Å². The number of hydrogen-bond donors (Lipinski definition) is 2. The van der Waals surface area contributed by atoms with Gasteiger partial charge in [-0.2, -0.15) is 0 Å². The van der Waals surface area contributed by atoms with Gasteiger partial charge in [0.05, 0.1) is 0 Å². The quantitative estimate of drug-likeness (QED) is 0.758. The van der Waals surface area contributed by atoms with Crippen LogP contribution < -0.4 is 10.0 Å². The molecule has 1 aliphatic heterocycles. The third-order valence-electron chi connectivity index (χ3n) is 4.07. The van der Waals surface area contributed by atoms with E-state index >= 15 is 0 Å². The highest BCUT2D eigenvalue weighted by molar-refractivity contribution is 7.90. The lowest BCUT2D eigenvalue weighted by Crippen LogP contribution is -2.54. The molecule has 0 spiro atoms. The van der Waals surface area contributed by atoms with E-state index in [1.807, 2.05) is 0 Å². The van der Waals surface area contributed by atoms with E-state index in [1.54, 1.807) is 14.1 Å². The zero-order chi connectivity index (χ0) is 15.6. The number of amides is 1. The molecular formula is C13H27N3O3S. The number of rotatable bonds is 5. The number of sulfonamides is 1. The molecule has 1 aliphatic rings. The number of nitrogens with one attached hydrogen (secondary N) is 2. The standard InChI is InChI=1S/C13H27N3O3S/c1-10(12(17)16(4)5)20(18,19)15-9-11-13(2,3)7-6-8-14-11/h10-11,14-15H,6-9H2,1-5H3. The Morgan fingerprint density at radius 2 is 2.05 bits per heavy atom. The third kappa shape index (κ3) is 4.17. The van der Waals surface area contributed by atoms with Crippen LogP contribution in [0.1, 0.15) is 33.6 Å². The van der Waals surface area contributed by atoms with Crippen molar-refractivity contribution in [3.63, 3.8) is 0 Å². The molecule has 1 amide bonds. The first-order valence-electron chi connectivity index (χ1n) is 7.01. The number of carbonyl (C=O) groups excluding carboxylic acids is 1. The molecule has 0 radical (unpaired) electrons. The van der Waals surface area contributed by atoms with E-state index < -0.39 is 21.2 Å². The highest BCUT2D eigenvalue weighted by Crippen LogP contribution is 2.29. The lowest BCUT2D eigenvalue weighted by molar-refractivity contribution is -0.127. The zero-order valence-electron chi connectivity index (χ0n) is 13.1. The molecule has 0 bridgehead atoms. The van der Waals surface area contributed by atoms with Gasteiger partial charge in [0.15, 0.2) is 5.25 Å². The molecule has 0 aromatic heterocycles. The van der Waals surface area contributed by atoms with Crippen molar-refractivity contribution in [1.29, 1.82) is 0 Å². The van der Waals surface area contributed by atoms with Crippen LogP contribution in [0.25, 0.3) is 0 Å². The second-order valence-electron chi connectivity index (χ2n) is 6.37. The summed E-state index contributed by atoms with van der Waals surface area (Å²) in [6.45, 7) is 6.91. The van der Waals surface area contributed by atoms with Crippen molar-refractivity contribution in [2.45, 2.75) is 44.9 Å². The molecule has 2 atom stereocenters. The van der Waals surface area contributed by atoms with Crippen LogP contribution in [0.5, 0.6) is 0 Å². The van der Waals surface area contributed by atoms with Gasteiger partial charge in [-0.05, 0) is 31.7 Å². The van der Waals surface area contributed by atoms with Crippen LogP contribution in [0.15, 0.2) is 0 Å². The topological polar surface area (TPSA) is 78.5 Å². The maximum absolute atomic E-state index is 12.1. The fraction of sp³-hybridized carbons (Fsp3) is 0.923. The minimum atomic E-state index is -3.64. The molecule has 0 aromatic rings. The largest absolute Gasteiger partial charge is 0.348 e. The molecule has 1 saturated heterocycles. The fourth-order valence-electron chi connectivity index (χ4n) is 2.44. The van der Waals surface area contributed by atoms with E-state index in [0.717, 1.165) is 19.4 Å². The molecule has 0 aromatic carbocycles. The summed E-state index contributed by atoms with van der Waals surface area (Å²) in [4.78, 5) is 13.1. The van der Waals surface area contributed by atoms with Gasteiger partial charge >= 0.3 is 0 Å². The molecule has 20 heavy (non-hydrogen) atoms. The molecule has 2 unspecified atom stereocenters. The lowest BCUT2D eigenvalue weighted by Gasteiger charge is -2.39. The van der Waals surface area contributed by atoms with Crippen LogP contribution in [0, 0.1) is 5.41 Å². The van der Waals surface area contributed by atoms with E-state index in [0.29, 0.717) is 6.54 Å². The molecule has 7 heteroatoms. The SMILES string of the molecule is CC(C(=O)N(C)C)S(=O)(=O)NCC1NCCCC1(C)C. The molecule has 1 fully saturated rings. The molecule has 1 rings (SSSR count). The minimum absolute atomic E-state index is 0.0512. The minimum Gasteiger partial charge on any atom is -0.348 e. The third-order valence-corrected chi connectivity index (χ3v) is 5.78. The van der Waals surface area contributed by atoms with Crippen LogP contribution >= 0.6 is 0 Å². The Balaban J connectivity index is 2.65. The predicted molar refractivity (Wildman–Crippen MR) is 79.9 cm³/mol. The summed E-state index contributed by atoms with van der Waals surface area (Å²) in [6, 6.07) is 0.0904. The fourth-order valence-corrected chi connectivity index (χ4v) is 3.57. The van der Waals surface area contributed by atoms with Gasteiger partial charge < -0.3 is 10.2 Å². The molecule has 6 nitrogen and oxygen atoms in total. The second kappa shape index (κ2) is 6.41. The molecular weight excluding hydrogens is 278 g/mol. The summed E-state index contributed by atoms with van der Waals surface area (Å²) in [5.74, 6) is -0.409. The number of piperidine rings is 1. The van der Waals surface area contributed by atoms with Crippen LogP contribution in [0.3, 0.4) is 0 Å². The first-order valence-corrected chi connectivity index (χ1v) is 8.55. The second-order valence-corrected chi connectivity index (χ2v) is 8.45. The van der Waals surface area contributed by atoms with Crippen molar-refractivity contribution in [2.24, 2.45) is 5.41 Å². The van der Waals surface area contributed by atoms with E-state index in [9.17, 15) is 13.2 Å². The zero-order valence-corrected chi connectivity index (χ0v) is 13.9. The molecule has 118 valence electrons. The Morgan fingerprint density at radius 3 is 2.55 bits per heavy atom. The Bertz CT molecular complexity index is 446. The predicted octanol–water partition coefficient (Wildman–Crippen LogP) is 0.161. The first kappa shape index (κ1) is 17.4. The summed E-state index contributed by atoms with van der Waals surface area (Å²) in [6.07, 6.45) is 2.17. The smallest absolute Gasteiger partial charge is 0.241 e. The number of nitrogens with zero attached hydrogens (tertiary/aromatic N) is 1. The lowest BCUT2D eigenvalue weighted by atomic mass is 9.78. The highest BCUT2D eigenvalue weighted by atomic mass is 32.2. The summed E-state index contributed by atoms with van der Waals surface area (Å²) < 4.78 is 26.9. The van der Waals surface area contributed by atoms with Crippen molar-refractivity contribution in [3.05, 3.63) is 0 Å². The normalized spacial score (nSPS) is 24.1. The van der Waals surface area contributed by atoms with Gasteiger partial charge in [-0.15, -0.1) is 0 Å².